The molecule has 0 aliphatic heterocycles. The topological polar surface area (TPSA) is 152 Å². The summed E-state index contributed by atoms with van der Waals surface area (Å²) in [5, 5.41) is 8.68. The second-order valence-corrected chi connectivity index (χ2v) is 7.88. The summed E-state index contributed by atoms with van der Waals surface area (Å²) in [6, 6.07) is -0.762. The van der Waals surface area contributed by atoms with Gasteiger partial charge >= 0.3 is 12.1 Å². The predicted octanol–water partition coefficient (Wildman–Crippen LogP) is 2.94. The van der Waals surface area contributed by atoms with Gasteiger partial charge in [0.05, 0.1) is 26.4 Å². The first kappa shape index (κ1) is 28.5. The molecule has 0 unspecified atom stereocenters. The molecule has 0 aromatic carbocycles. The summed E-state index contributed by atoms with van der Waals surface area (Å²) >= 11 is 0. The second-order valence-electron chi connectivity index (χ2n) is 7.88. The molecule has 0 saturated carbocycles. The van der Waals surface area contributed by atoms with Crippen molar-refractivity contribution < 1.29 is 28.6 Å². The molecule has 11 heteroatoms. The van der Waals surface area contributed by atoms with Crippen LogP contribution in [0.1, 0.15) is 53.4 Å². The number of nitrogens with one attached hydrogen (secondary N) is 2. The van der Waals surface area contributed by atoms with Gasteiger partial charge in [-0.15, -0.1) is 0 Å². The smallest absolute Gasteiger partial charge is 0.407 e. The molecule has 178 valence electrons. The molecule has 0 aromatic rings. The average molecular weight is 444 g/mol. The number of esters is 1. The fraction of sp³-hybridized carbons (Fsp3) is 0.850. The number of amides is 2. The first-order chi connectivity index (χ1) is 14.8. The van der Waals surface area contributed by atoms with Crippen LogP contribution in [-0.4, -0.2) is 63.5 Å². The molecule has 0 aromatic heterocycles. The van der Waals surface area contributed by atoms with Crippen LogP contribution in [-0.2, 0) is 23.8 Å². The fourth-order valence-corrected chi connectivity index (χ4v) is 2.24. The van der Waals surface area contributed by atoms with E-state index in [2.05, 4.69) is 20.7 Å². The van der Waals surface area contributed by atoms with E-state index < -0.39 is 18.1 Å². The van der Waals surface area contributed by atoms with E-state index >= 15 is 0 Å². The Morgan fingerprint density at radius 3 is 2.32 bits per heavy atom. The number of azide groups is 1. The normalized spacial score (nSPS) is 11.5. The number of unbranched alkanes of at least 4 members (excludes halogenated alkanes) is 1. The number of ether oxygens (including phenoxy) is 3. The van der Waals surface area contributed by atoms with Crippen molar-refractivity contribution in [1.82, 2.24) is 10.6 Å². The van der Waals surface area contributed by atoms with Crippen LogP contribution < -0.4 is 10.6 Å². The summed E-state index contributed by atoms with van der Waals surface area (Å²) in [6.45, 7) is 9.39. The number of carbonyl (C=O) groups excluding carboxylic acids is 3. The molecule has 0 rings (SSSR count). The standard InChI is InChI=1S/C20H37N5O6/c1-15(2)13-30-19(27)17(24-18(26)8-11-29-12-10-23-25-21)7-5-6-9-22-20(28)31-14-16(3)4/h15-17H,5-14H2,1-4H3,(H,22,28)(H,24,26)/t17-/m0/s1. The summed E-state index contributed by atoms with van der Waals surface area (Å²) in [6.07, 6.45) is 1.24. The van der Waals surface area contributed by atoms with Gasteiger partial charge in [0.2, 0.25) is 5.91 Å². The van der Waals surface area contributed by atoms with Crippen molar-refractivity contribution in [3.05, 3.63) is 10.4 Å². The molecular formula is C20H37N5O6. The van der Waals surface area contributed by atoms with E-state index in [0.29, 0.717) is 32.4 Å². The van der Waals surface area contributed by atoms with Gasteiger partial charge < -0.3 is 24.8 Å². The number of rotatable bonds is 17. The lowest BCUT2D eigenvalue weighted by atomic mass is 10.1. The Labute approximate surface area is 184 Å². The van der Waals surface area contributed by atoms with E-state index in [4.69, 9.17) is 19.7 Å². The second kappa shape index (κ2) is 18.3. The molecule has 0 aliphatic rings. The van der Waals surface area contributed by atoms with Crippen molar-refractivity contribution in [2.75, 3.05) is 39.5 Å². The summed E-state index contributed by atoms with van der Waals surface area (Å²) in [7, 11) is 0. The third kappa shape index (κ3) is 18.0. The van der Waals surface area contributed by atoms with E-state index in [0.717, 1.165) is 0 Å². The number of alkyl carbamates (subject to hydrolysis) is 1. The Balaban J connectivity index is 4.34. The van der Waals surface area contributed by atoms with Crippen molar-refractivity contribution in [3.8, 4) is 0 Å². The highest BCUT2D eigenvalue weighted by molar-refractivity contribution is 5.84. The molecule has 0 aliphatic carbocycles. The lowest BCUT2D eigenvalue weighted by Crippen LogP contribution is -2.42. The van der Waals surface area contributed by atoms with Gasteiger partial charge in [0.15, 0.2) is 0 Å². The highest BCUT2D eigenvalue weighted by Gasteiger charge is 2.22. The molecule has 0 spiro atoms. The van der Waals surface area contributed by atoms with Gasteiger partial charge in [0, 0.05) is 24.4 Å². The van der Waals surface area contributed by atoms with Crippen LogP contribution in [0.5, 0.6) is 0 Å². The first-order valence-electron chi connectivity index (χ1n) is 10.7. The highest BCUT2D eigenvalue weighted by Crippen LogP contribution is 2.06. The largest absolute Gasteiger partial charge is 0.464 e. The zero-order valence-corrected chi connectivity index (χ0v) is 19.1. The van der Waals surface area contributed by atoms with Gasteiger partial charge in [-0.3, -0.25) is 4.79 Å². The molecule has 0 fully saturated rings. The van der Waals surface area contributed by atoms with Crippen molar-refractivity contribution in [2.45, 2.75) is 59.4 Å². The lowest BCUT2D eigenvalue weighted by Gasteiger charge is -2.18. The quantitative estimate of drug-likeness (QED) is 0.116. The predicted molar refractivity (Wildman–Crippen MR) is 115 cm³/mol. The van der Waals surface area contributed by atoms with Crippen LogP contribution in [0.15, 0.2) is 5.11 Å². The zero-order chi connectivity index (χ0) is 23.5. The molecular weight excluding hydrogens is 406 g/mol. The molecule has 11 nitrogen and oxygen atoms in total. The lowest BCUT2D eigenvalue weighted by molar-refractivity contribution is -0.149. The number of nitrogens with zero attached hydrogens (tertiary/aromatic N) is 3. The molecule has 2 amide bonds. The van der Waals surface area contributed by atoms with Gasteiger partial charge in [-0.1, -0.05) is 32.8 Å². The number of carbonyl (C=O) groups is 3. The molecule has 31 heavy (non-hydrogen) atoms. The molecule has 0 heterocycles. The Morgan fingerprint density at radius 2 is 1.68 bits per heavy atom. The van der Waals surface area contributed by atoms with E-state index in [9.17, 15) is 14.4 Å². The summed E-state index contributed by atoms with van der Waals surface area (Å²) in [5.41, 5.74) is 8.18. The first-order valence-corrected chi connectivity index (χ1v) is 10.7. The van der Waals surface area contributed by atoms with Crippen molar-refractivity contribution >= 4 is 18.0 Å². The molecule has 1 atom stereocenters. The van der Waals surface area contributed by atoms with E-state index in [1.165, 1.54) is 0 Å². The number of hydrogen-bond acceptors (Lipinski definition) is 7. The average Bonchev–Trinajstić information content (AvgIpc) is 2.71. The molecule has 0 saturated heterocycles. The van der Waals surface area contributed by atoms with E-state index in [1.807, 2.05) is 27.7 Å². The van der Waals surface area contributed by atoms with Gasteiger partial charge in [0.1, 0.15) is 6.04 Å². The van der Waals surface area contributed by atoms with Gasteiger partial charge in [0.25, 0.3) is 0 Å². The summed E-state index contributed by atoms with van der Waals surface area (Å²) < 4.78 is 15.5. The Morgan fingerprint density at radius 1 is 1.00 bits per heavy atom. The highest BCUT2D eigenvalue weighted by atomic mass is 16.5. The maximum Gasteiger partial charge on any atom is 0.407 e. The minimum atomic E-state index is -0.762. The van der Waals surface area contributed by atoms with E-state index in [-0.39, 0.29) is 50.5 Å². The van der Waals surface area contributed by atoms with Gasteiger partial charge in [-0.05, 0) is 36.6 Å². The van der Waals surface area contributed by atoms with Crippen LogP contribution in [0.4, 0.5) is 4.79 Å². The number of hydrogen-bond donors (Lipinski definition) is 2. The SMILES string of the molecule is CC(C)COC(=O)NCCCC[C@H](NC(=O)CCOCCN=[N+]=[N-])C(=O)OCC(C)C. The van der Waals surface area contributed by atoms with Crippen molar-refractivity contribution in [3.63, 3.8) is 0 Å². The maximum absolute atomic E-state index is 12.3. The van der Waals surface area contributed by atoms with Crippen molar-refractivity contribution in [2.24, 2.45) is 17.0 Å². The fourth-order valence-electron chi connectivity index (χ4n) is 2.24. The van der Waals surface area contributed by atoms with E-state index in [1.54, 1.807) is 0 Å². The molecule has 0 bridgehead atoms. The van der Waals surface area contributed by atoms with Gasteiger partial charge in [-0.25, -0.2) is 9.59 Å². The third-order valence-electron chi connectivity index (χ3n) is 3.79. The Bertz CT molecular complexity index is 578. The van der Waals surface area contributed by atoms with Gasteiger partial charge in [-0.2, -0.15) is 0 Å². The van der Waals surface area contributed by atoms with Crippen LogP contribution >= 0.6 is 0 Å². The maximum atomic E-state index is 12.3. The Kier molecular flexibility index (Phi) is 16.8. The molecule has 2 N–H and O–H groups in total. The zero-order valence-electron chi connectivity index (χ0n) is 19.1. The van der Waals surface area contributed by atoms with Crippen LogP contribution in [0, 0.1) is 11.8 Å². The van der Waals surface area contributed by atoms with Crippen LogP contribution in [0.2, 0.25) is 0 Å². The summed E-state index contributed by atoms with van der Waals surface area (Å²) in [4.78, 5) is 38.6. The third-order valence-corrected chi connectivity index (χ3v) is 3.79. The minimum Gasteiger partial charge on any atom is -0.464 e. The van der Waals surface area contributed by atoms with Crippen LogP contribution in [0.25, 0.3) is 10.4 Å². The summed E-state index contributed by atoms with van der Waals surface area (Å²) in [5.74, 6) is -0.351. The van der Waals surface area contributed by atoms with Crippen LogP contribution in [0.3, 0.4) is 0 Å². The Hall–Kier alpha value is -2.52. The molecule has 0 radical (unpaired) electrons. The monoisotopic (exact) mass is 443 g/mol. The minimum absolute atomic E-state index is 0.0769. The van der Waals surface area contributed by atoms with Crippen molar-refractivity contribution in [1.29, 1.82) is 0 Å².